The highest BCUT2D eigenvalue weighted by atomic mass is 16.5. The standard InChI is InChI=1S/C15H19N5O/c1-10-7-18-15(20-14(10)16)19-13-9-21-8-12(13)6-11-2-4-17-5-3-11/h2-5,7,12-13H,6,8-9H2,1H3,(H3,16,18,19,20)/t12-,13-/m1/s1. The van der Waals surface area contributed by atoms with Crippen molar-refractivity contribution in [2.24, 2.45) is 5.92 Å². The van der Waals surface area contributed by atoms with E-state index in [-0.39, 0.29) is 6.04 Å². The molecule has 0 amide bonds. The molecule has 21 heavy (non-hydrogen) atoms. The van der Waals surface area contributed by atoms with E-state index < -0.39 is 0 Å². The van der Waals surface area contributed by atoms with Gasteiger partial charge in [0.25, 0.3) is 0 Å². The first-order valence-corrected chi connectivity index (χ1v) is 7.04. The minimum absolute atomic E-state index is 0.195. The molecule has 0 radical (unpaired) electrons. The Morgan fingerprint density at radius 3 is 2.90 bits per heavy atom. The Morgan fingerprint density at radius 2 is 2.14 bits per heavy atom. The van der Waals surface area contributed by atoms with E-state index in [1.807, 2.05) is 31.5 Å². The molecule has 1 fully saturated rings. The summed E-state index contributed by atoms with van der Waals surface area (Å²) in [7, 11) is 0. The first-order valence-electron chi connectivity index (χ1n) is 7.04. The zero-order valence-corrected chi connectivity index (χ0v) is 12.0. The van der Waals surface area contributed by atoms with Gasteiger partial charge < -0.3 is 15.8 Å². The summed E-state index contributed by atoms with van der Waals surface area (Å²) in [6.07, 6.45) is 6.31. The van der Waals surface area contributed by atoms with E-state index >= 15 is 0 Å². The van der Waals surface area contributed by atoms with Crippen LogP contribution in [0, 0.1) is 12.8 Å². The Bertz CT molecular complexity index is 604. The molecule has 6 nitrogen and oxygen atoms in total. The van der Waals surface area contributed by atoms with Crippen molar-refractivity contribution in [1.82, 2.24) is 15.0 Å². The van der Waals surface area contributed by atoms with Crippen LogP contribution in [-0.4, -0.2) is 34.2 Å². The topological polar surface area (TPSA) is 86.0 Å². The number of hydrogen-bond donors (Lipinski definition) is 2. The molecule has 1 aliphatic heterocycles. The monoisotopic (exact) mass is 285 g/mol. The molecule has 0 unspecified atom stereocenters. The molecule has 0 aromatic carbocycles. The van der Waals surface area contributed by atoms with Crippen LogP contribution in [0.15, 0.2) is 30.7 Å². The Labute approximate surface area is 123 Å². The fraction of sp³-hybridized carbons (Fsp3) is 0.400. The number of nitrogens with two attached hydrogens (primary N) is 1. The van der Waals surface area contributed by atoms with E-state index in [1.165, 1.54) is 5.56 Å². The number of rotatable bonds is 4. The molecular weight excluding hydrogens is 266 g/mol. The van der Waals surface area contributed by atoms with Crippen molar-refractivity contribution in [2.45, 2.75) is 19.4 Å². The maximum absolute atomic E-state index is 5.82. The smallest absolute Gasteiger partial charge is 0.224 e. The van der Waals surface area contributed by atoms with Crippen LogP contribution < -0.4 is 11.1 Å². The van der Waals surface area contributed by atoms with Crippen molar-refractivity contribution in [3.63, 3.8) is 0 Å². The third-order valence-corrected chi connectivity index (χ3v) is 3.77. The van der Waals surface area contributed by atoms with Crippen molar-refractivity contribution in [3.05, 3.63) is 41.9 Å². The highest BCUT2D eigenvalue weighted by Crippen LogP contribution is 2.22. The van der Waals surface area contributed by atoms with Gasteiger partial charge in [-0.25, -0.2) is 4.98 Å². The summed E-state index contributed by atoms with van der Waals surface area (Å²) in [5.41, 5.74) is 7.97. The zero-order chi connectivity index (χ0) is 14.7. The van der Waals surface area contributed by atoms with Gasteiger partial charge in [-0.3, -0.25) is 4.98 Å². The van der Waals surface area contributed by atoms with E-state index in [2.05, 4.69) is 20.3 Å². The van der Waals surface area contributed by atoms with E-state index in [9.17, 15) is 0 Å². The summed E-state index contributed by atoms with van der Waals surface area (Å²) in [5.74, 6) is 1.46. The number of ether oxygens (including phenoxy) is 1. The summed E-state index contributed by atoms with van der Waals surface area (Å²) >= 11 is 0. The van der Waals surface area contributed by atoms with Crippen LogP contribution in [0.1, 0.15) is 11.1 Å². The molecular formula is C15H19N5O. The van der Waals surface area contributed by atoms with Crippen molar-refractivity contribution < 1.29 is 4.74 Å². The van der Waals surface area contributed by atoms with Gasteiger partial charge in [0.05, 0.1) is 19.3 Å². The van der Waals surface area contributed by atoms with Crippen molar-refractivity contribution in [2.75, 3.05) is 24.3 Å². The van der Waals surface area contributed by atoms with E-state index in [0.717, 1.165) is 18.6 Å². The molecule has 6 heteroatoms. The van der Waals surface area contributed by atoms with Gasteiger partial charge in [0.15, 0.2) is 0 Å². The lowest BCUT2D eigenvalue weighted by Crippen LogP contribution is -2.30. The lowest BCUT2D eigenvalue weighted by atomic mass is 9.95. The Hall–Kier alpha value is -2.21. The normalized spacial score (nSPS) is 21.4. The first kappa shape index (κ1) is 13.8. The van der Waals surface area contributed by atoms with Crippen molar-refractivity contribution >= 4 is 11.8 Å². The second-order valence-electron chi connectivity index (χ2n) is 5.37. The summed E-state index contributed by atoms with van der Waals surface area (Å²) in [6.45, 7) is 3.29. The summed E-state index contributed by atoms with van der Waals surface area (Å²) in [5, 5.41) is 3.34. The van der Waals surface area contributed by atoms with Gasteiger partial charge >= 0.3 is 0 Å². The molecule has 3 N–H and O–H groups in total. The molecule has 2 atom stereocenters. The number of aromatic nitrogens is 3. The Morgan fingerprint density at radius 1 is 1.33 bits per heavy atom. The number of nitrogen functional groups attached to an aromatic ring is 1. The molecule has 0 aliphatic carbocycles. The summed E-state index contributed by atoms with van der Waals surface area (Å²) in [6, 6.07) is 4.27. The fourth-order valence-electron chi connectivity index (χ4n) is 2.47. The van der Waals surface area contributed by atoms with Gasteiger partial charge in [0.2, 0.25) is 5.95 Å². The van der Waals surface area contributed by atoms with Crippen LogP contribution in [0.5, 0.6) is 0 Å². The second kappa shape index (κ2) is 6.05. The minimum Gasteiger partial charge on any atom is -0.383 e. The SMILES string of the molecule is Cc1cnc(N[C@@H]2COC[C@H]2Cc2ccncc2)nc1N. The molecule has 2 aromatic heterocycles. The maximum Gasteiger partial charge on any atom is 0.224 e. The molecule has 110 valence electrons. The fourth-order valence-corrected chi connectivity index (χ4v) is 2.47. The van der Waals surface area contributed by atoms with Gasteiger partial charge in [-0.1, -0.05) is 0 Å². The van der Waals surface area contributed by atoms with E-state index in [4.69, 9.17) is 10.5 Å². The maximum atomic E-state index is 5.82. The van der Waals surface area contributed by atoms with Crippen LogP contribution >= 0.6 is 0 Å². The Kier molecular flexibility index (Phi) is 3.96. The lowest BCUT2D eigenvalue weighted by molar-refractivity contribution is 0.185. The molecule has 1 aliphatic rings. The van der Waals surface area contributed by atoms with Gasteiger partial charge in [-0.15, -0.1) is 0 Å². The molecule has 1 saturated heterocycles. The Balaban J connectivity index is 1.68. The largest absolute Gasteiger partial charge is 0.383 e. The lowest BCUT2D eigenvalue weighted by Gasteiger charge is -2.19. The average molecular weight is 285 g/mol. The third kappa shape index (κ3) is 3.28. The van der Waals surface area contributed by atoms with Crippen LogP contribution in [0.2, 0.25) is 0 Å². The molecule has 3 heterocycles. The number of nitrogens with one attached hydrogen (secondary N) is 1. The van der Waals surface area contributed by atoms with Crippen LogP contribution in [0.4, 0.5) is 11.8 Å². The number of aryl methyl sites for hydroxylation is 1. The van der Waals surface area contributed by atoms with E-state index in [0.29, 0.717) is 24.3 Å². The molecule has 0 saturated carbocycles. The quantitative estimate of drug-likeness (QED) is 0.884. The summed E-state index contributed by atoms with van der Waals surface area (Å²) < 4.78 is 5.60. The average Bonchev–Trinajstić information content (AvgIpc) is 2.91. The zero-order valence-electron chi connectivity index (χ0n) is 12.0. The van der Waals surface area contributed by atoms with Crippen molar-refractivity contribution in [1.29, 1.82) is 0 Å². The molecule has 0 bridgehead atoms. The van der Waals surface area contributed by atoms with Crippen LogP contribution in [-0.2, 0) is 11.2 Å². The predicted octanol–water partition coefficient (Wildman–Crippen LogP) is 1.43. The highest BCUT2D eigenvalue weighted by Gasteiger charge is 2.29. The minimum atomic E-state index is 0.195. The summed E-state index contributed by atoms with van der Waals surface area (Å²) in [4.78, 5) is 12.6. The van der Waals surface area contributed by atoms with Crippen LogP contribution in [0.3, 0.4) is 0 Å². The van der Waals surface area contributed by atoms with Gasteiger partial charge in [0, 0.05) is 30.1 Å². The van der Waals surface area contributed by atoms with Crippen molar-refractivity contribution in [3.8, 4) is 0 Å². The highest BCUT2D eigenvalue weighted by molar-refractivity contribution is 5.42. The number of pyridine rings is 1. The number of anilines is 2. The third-order valence-electron chi connectivity index (χ3n) is 3.77. The van der Waals surface area contributed by atoms with E-state index in [1.54, 1.807) is 6.20 Å². The number of nitrogens with zero attached hydrogens (tertiary/aromatic N) is 3. The van der Waals surface area contributed by atoms with Crippen LogP contribution in [0.25, 0.3) is 0 Å². The molecule has 3 rings (SSSR count). The van der Waals surface area contributed by atoms with Gasteiger partial charge in [-0.2, -0.15) is 4.98 Å². The molecule has 2 aromatic rings. The first-order chi connectivity index (χ1) is 10.2. The predicted molar refractivity (Wildman–Crippen MR) is 80.8 cm³/mol. The van der Waals surface area contributed by atoms with Gasteiger partial charge in [0.1, 0.15) is 5.82 Å². The second-order valence-corrected chi connectivity index (χ2v) is 5.37. The molecule has 0 spiro atoms. The number of hydrogen-bond acceptors (Lipinski definition) is 6. The van der Waals surface area contributed by atoms with Gasteiger partial charge in [-0.05, 0) is 31.0 Å².